The lowest BCUT2D eigenvalue weighted by Gasteiger charge is -2.34. The van der Waals surface area contributed by atoms with E-state index >= 15 is 0 Å². The highest BCUT2D eigenvalue weighted by Crippen LogP contribution is 2.36. The second-order valence-corrected chi connectivity index (χ2v) is 6.11. The summed E-state index contributed by atoms with van der Waals surface area (Å²) in [5, 5.41) is 16.9. The quantitative estimate of drug-likeness (QED) is 0.752. The van der Waals surface area contributed by atoms with Crippen molar-refractivity contribution in [3.05, 3.63) is 41.0 Å². The Bertz CT molecular complexity index is 826. The largest absolute Gasteiger partial charge is 0.337 e. The molecule has 3 aromatic rings. The first-order valence-electron chi connectivity index (χ1n) is 7.28. The van der Waals surface area contributed by atoms with Gasteiger partial charge in [0, 0.05) is 10.6 Å². The van der Waals surface area contributed by atoms with Crippen molar-refractivity contribution in [2.75, 3.05) is 0 Å². The zero-order valence-electron chi connectivity index (χ0n) is 12.6. The molecule has 1 saturated carbocycles. The lowest BCUT2D eigenvalue weighted by Crippen LogP contribution is -2.44. The smallest absolute Gasteiger partial charge is 0.250 e. The summed E-state index contributed by atoms with van der Waals surface area (Å²) in [4.78, 5) is 5.75. The van der Waals surface area contributed by atoms with Crippen molar-refractivity contribution >= 4 is 24.0 Å². The SMILES string of the molecule is Cl.NC1(c2noc(Cn3nnc(-c4ccc(Cl)cc4)n3)n2)CCC1. The molecule has 2 N–H and O–H groups in total. The number of hydrogen-bond donors (Lipinski definition) is 1. The maximum Gasteiger partial charge on any atom is 0.250 e. The van der Waals surface area contributed by atoms with Gasteiger partial charge in [0.15, 0.2) is 5.82 Å². The van der Waals surface area contributed by atoms with Crippen LogP contribution >= 0.6 is 24.0 Å². The summed E-state index contributed by atoms with van der Waals surface area (Å²) in [5.74, 6) is 1.48. The second-order valence-electron chi connectivity index (χ2n) is 5.67. The molecule has 0 bridgehead atoms. The number of nitrogens with zero attached hydrogens (tertiary/aromatic N) is 6. The number of aromatic nitrogens is 6. The molecule has 1 aliphatic rings. The molecule has 2 aromatic heterocycles. The highest BCUT2D eigenvalue weighted by Gasteiger charge is 2.39. The molecule has 0 atom stereocenters. The van der Waals surface area contributed by atoms with Gasteiger partial charge in [-0.2, -0.15) is 9.78 Å². The fourth-order valence-corrected chi connectivity index (χ4v) is 2.57. The van der Waals surface area contributed by atoms with E-state index in [-0.39, 0.29) is 19.0 Å². The van der Waals surface area contributed by atoms with Crippen LogP contribution in [0.15, 0.2) is 28.8 Å². The monoisotopic (exact) mass is 367 g/mol. The average molecular weight is 368 g/mol. The zero-order chi connectivity index (χ0) is 15.9. The molecule has 1 aromatic carbocycles. The van der Waals surface area contributed by atoms with Gasteiger partial charge in [-0.05, 0) is 48.7 Å². The molecule has 2 heterocycles. The molecule has 8 nitrogen and oxygen atoms in total. The average Bonchev–Trinajstić information content (AvgIpc) is 3.16. The highest BCUT2D eigenvalue weighted by molar-refractivity contribution is 6.30. The molecule has 4 rings (SSSR count). The molecule has 0 saturated heterocycles. The molecule has 0 unspecified atom stereocenters. The molecular weight excluding hydrogens is 353 g/mol. The Kier molecular flexibility index (Phi) is 4.53. The lowest BCUT2D eigenvalue weighted by atomic mass is 9.77. The highest BCUT2D eigenvalue weighted by atomic mass is 35.5. The van der Waals surface area contributed by atoms with E-state index in [1.54, 1.807) is 12.1 Å². The molecular formula is C14H15Cl2N7O. The van der Waals surface area contributed by atoms with Crippen LogP contribution in [-0.4, -0.2) is 30.3 Å². The van der Waals surface area contributed by atoms with Gasteiger partial charge in [0.05, 0.1) is 5.54 Å². The first-order chi connectivity index (χ1) is 11.1. The fourth-order valence-electron chi connectivity index (χ4n) is 2.45. The van der Waals surface area contributed by atoms with E-state index < -0.39 is 5.54 Å². The van der Waals surface area contributed by atoms with Gasteiger partial charge in [-0.25, -0.2) is 0 Å². The van der Waals surface area contributed by atoms with E-state index in [1.807, 2.05) is 12.1 Å². The van der Waals surface area contributed by atoms with Crippen LogP contribution in [0.25, 0.3) is 11.4 Å². The molecule has 0 aliphatic heterocycles. The Balaban J connectivity index is 0.00000169. The summed E-state index contributed by atoms with van der Waals surface area (Å²) in [6.45, 7) is 0.254. The molecule has 0 spiro atoms. The first kappa shape index (κ1) is 16.8. The summed E-state index contributed by atoms with van der Waals surface area (Å²) < 4.78 is 5.23. The van der Waals surface area contributed by atoms with Crippen LogP contribution in [0.5, 0.6) is 0 Å². The molecule has 0 radical (unpaired) electrons. The molecule has 126 valence electrons. The molecule has 1 aliphatic carbocycles. The maximum atomic E-state index is 6.18. The minimum absolute atomic E-state index is 0. The topological polar surface area (TPSA) is 109 Å². The summed E-state index contributed by atoms with van der Waals surface area (Å²) in [5.41, 5.74) is 6.57. The van der Waals surface area contributed by atoms with Gasteiger partial charge in [-0.3, -0.25) is 0 Å². The first-order valence-corrected chi connectivity index (χ1v) is 7.66. The third-order valence-electron chi connectivity index (χ3n) is 3.99. The van der Waals surface area contributed by atoms with Crippen LogP contribution in [0.1, 0.15) is 31.0 Å². The number of nitrogens with two attached hydrogens (primary N) is 1. The summed E-state index contributed by atoms with van der Waals surface area (Å²) in [6, 6.07) is 7.23. The van der Waals surface area contributed by atoms with Crippen molar-refractivity contribution in [2.24, 2.45) is 5.73 Å². The Labute approximate surface area is 148 Å². The molecule has 24 heavy (non-hydrogen) atoms. The minimum atomic E-state index is -0.438. The summed E-state index contributed by atoms with van der Waals surface area (Å²) in [6.07, 6.45) is 2.86. The molecule has 10 heteroatoms. The van der Waals surface area contributed by atoms with Crippen LogP contribution in [0.2, 0.25) is 5.02 Å². The van der Waals surface area contributed by atoms with E-state index in [0.29, 0.717) is 22.6 Å². The number of halogens is 2. The maximum absolute atomic E-state index is 6.18. The van der Waals surface area contributed by atoms with Gasteiger partial charge in [-0.1, -0.05) is 16.8 Å². The number of tetrazole rings is 1. The van der Waals surface area contributed by atoms with Gasteiger partial charge < -0.3 is 10.3 Å². The third kappa shape index (κ3) is 3.12. The number of benzene rings is 1. The predicted molar refractivity (Wildman–Crippen MR) is 88.6 cm³/mol. The Morgan fingerprint density at radius 3 is 2.67 bits per heavy atom. The second kappa shape index (κ2) is 6.46. The van der Waals surface area contributed by atoms with Crippen LogP contribution in [0, 0.1) is 0 Å². The predicted octanol–water partition coefficient (Wildman–Crippen LogP) is 2.18. The van der Waals surface area contributed by atoms with Crippen molar-refractivity contribution in [2.45, 2.75) is 31.3 Å². The van der Waals surface area contributed by atoms with E-state index in [1.165, 1.54) is 4.80 Å². The van der Waals surface area contributed by atoms with Gasteiger partial charge in [0.1, 0.15) is 6.54 Å². The summed E-state index contributed by atoms with van der Waals surface area (Å²) in [7, 11) is 0. The van der Waals surface area contributed by atoms with E-state index in [0.717, 1.165) is 24.8 Å². The Morgan fingerprint density at radius 1 is 1.25 bits per heavy atom. The summed E-state index contributed by atoms with van der Waals surface area (Å²) >= 11 is 5.87. The Hall–Kier alpha value is -2.03. The molecule has 1 fully saturated rings. The van der Waals surface area contributed by atoms with E-state index in [4.69, 9.17) is 21.9 Å². The number of rotatable bonds is 4. The third-order valence-corrected chi connectivity index (χ3v) is 4.24. The normalized spacial score (nSPS) is 15.6. The van der Waals surface area contributed by atoms with Crippen LogP contribution in [0.3, 0.4) is 0 Å². The van der Waals surface area contributed by atoms with Crippen LogP contribution in [-0.2, 0) is 12.1 Å². The lowest BCUT2D eigenvalue weighted by molar-refractivity contribution is 0.228. The fraction of sp³-hybridized carbons (Fsp3) is 0.357. The van der Waals surface area contributed by atoms with Gasteiger partial charge in [0.25, 0.3) is 0 Å². The zero-order valence-corrected chi connectivity index (χ0v) is 14.2. The number of hydrogen-bond acceptors (Lipinski definition) is 7. The van der Waals surface area contributed by atoms with Crippen molar-refractivity contribution in [1.82, 2.24) is 30.3 Å². The molecule has 0 amide bonds. The van der Waals surface area contributed by atoms with Crippen molar-refractivity contribution in [3.63, 3.8) is 0 Å². The van der Waals surface area contributed by atoms with E-state index in [9.17, 15) is 0 Å². The standard InChI is InChI=1S/C14H14ClN7O.ClH/c15-10-4-2-9(3-5-10)12-18-21-22(19-12)8-11-17-13(20-23-11)14(16)6-1-7-14;/h2-5H,1,6-8,16H2;1H. The van der Waals surface area contributed by atoms with Crippen molar-refractivity contribution < 1.29 is 4.52 Å². The van der Waals surface area contributed by atoms with Gasteiger partial charge in [-0.15, -0.1) is 22.6 Å². The minimum Gasteiger partial charge on any atom is -0.337 e. The van der Waals surface area contributed by atoms with E-state index in [2.05, 4.69) is 25.6 Å². The van der Waals surface area contributed by atoms with Crippen molar-refractivity contribution in [3.8, 4) is 11.4 Å². The Morgan fingerprint density at radius 2 is 2.00 bits per heavy atom. The van der Waals surface area contributed by atoms with Crippen molar-refractivity contribution in [1.29, 1.82) is 0 Å². The van der Waals surface area contributed by atoms with Gasteiger partial charge in [0.2, 0.25) is 11.7 Å². The van der Waals surface area contributed by atoms with Gasteiger partial charge >= 0.3 is 0 Å². The van der Waals surface area contributed by atoms with Crippen LogP contribution in [0.4, 0.5) is 0 Å². The van der Waals surface area contributed by atoms with Crippen LogP contribution < -0.4 is 5.73 Å².